The first-order chi connectivity index (χ1) is 12.3. The van der Waals surface area contributed by atoms with Crippen LogP contribution in [0.5, 0.6) is 0 Å². The van der Waals surface area contributed by atoms with Crippen LogP contribution in [0.1, 0.15) is 11.1 Å². The standard InChI is InChI=1S/C18H13ClF3N3O/c19-15-12(7-4-8-13(15)18(20,21)22)16-24-17(26)14(23)10-25(16)9-11-5-2-1-3-6-11/h1-8,10H,9,23H2. The van der Waals surface area contributed by atoms with Gasteiger partial charge < -0.3 is 10.3 Å². The van der Waals surface area contributed by atoms with Crippen LogP contribution in [-0.2, 0) is 12.7 Å². The summed E-state index contributed by atoms with van der Waals surface area (Å²) >= 11 is 5.99. The van der Waals surface area contributed by atoms with E-state index in [1.54, 1.807) is 0 Å². The molecule has 3 rings (SSSR count). The van der Waals surface area contributed by atoms with Crippen molar-refractivity contribution < 1.29 is 13.2 Å². The minimum atomic E-state index is -4.62. The molecule has 0 bridgehead atoms. The number of alkyl halides is 3. The summed E-state index contributed by atoms with van der Waals surface area (Å²) in [7, 11) is 0. The Morgan fingerprint density at radius 3 is 2.42 bits per heavy atom. The fourth-order valence-electron chi connectivity index (χ4n) is 2.55. The summed E-state index contributed by atoms with van der Waals surface area (Å²) in [5.41, 5.74) is 4.70. The number of benzene rings is 2. The van der Waals surface area contributed by atoms with Gasteiger partial charge in [0.25, 0.3) is 5.56 Å². The van der Waals surface area contributed by atoms with Gasteiger partial charge in [0.2, 0.25) is 0 Å². The maximum Gasteiger partial charge on any atom is 0.417 e. The van der Waals surface area contributed by atoms with Crippen molar-refractivity contribution in [3.63, 3.8) is 0 Å². The van der Waals surface area contributed by atoms with Crippen LogP contribution in [-0.4, -0.2) is 9.55 Å². The van der Waals surface area contributed by atoms with Gasteiger partial charge >= 0.3 is 6.18 Å². The quantitative estimate of drug-likeness (QED) is 0.741. The Hall–Kier alpha value is -2.80. The second kappa shape index (κ2) is 6.84. The molecular weight excluding hydrogens is 367 g/mol. The molecule has 0 aliphatic heterocycles. The summed E-state index contributed by atoms with van der Waals surface area (Å²) in [5.74, 6) is 0.0177. The third kappa shape index (κ3) is 3.57. The molecule has 134 valence electrons. The van der Waals surface area contributed by atoms with E-state index in [-0.39, 0.29) is 23.6 Å². The summed E-state index contributed by atoms with van der Waals surface area (Å²) in [6.45, 7) is 0.264. The van der Waals surface area contributed by atoms with Crippen LogP contribution < -0.4 is 11.3 Å². The maximum absolute atomic E-state index is 13.1. The first-order valence-electron chi connectivity index (χ1n) is 7.54. The molecule has 1 aromatic heterocycles. The number of anilines is 1. The van der Waals surface area contributed by atoms with Crippen molar-refractivity contribution in [1.29, 1.82) is 0 Å². The van der Waals surface area contributed by atoms with Gasteiger partial charge in [-0.05, 0) is 17.7 Å². The van der Waals surface area contributed by atoms with Gasteiger partial charge in [0.1, 0.15) is 11.5 Å². The van der Waals surface area contributed by atoms with Crippen molar-refractivity contribution in [3.05, 3.63) is 81.2 Å². The van der Waals surface area contributed by atoms with Crippen molar-refractivity contribution in [2.45, 2.75) is 12.7 Å². The van der Waals surface area contributed by atoms with E-state index in [1.165, 1.54) is 22.9 Å². The van der Waals surface area contributed by atoms with Gasteiger partial charge in [-0.3, -0.25) is 4.79 Å². The lowest BCUT2D eigenvalue weighted by Crippen LogP contribution is -2.19. The monoisotopic (exact) mass is 379 g/mol. The summed E-state index contributed by atoms with van der Waals surface area (Å²) < 4.78 is 40.9. The van der Waals surface area contributed by atoms with Crippen molar-refractivity contribution in [1.82, 2.24) is 9.55 Å². The van der Waals surface area contributed by atoms with Crippen molar-refractivity contribution in [3.8, 4) is 11.4 Å². The first-order valence-corrected chi connectivity index (χ1v) is 7.92. The normalized spacial score (nSPS) is 11.5. The fourth-order valence-corrected chi connectivity index (χ4v) is 2.87. The Balaban J connectivity index is 2.19. The summed E-state index contributed by atoms with van der Waals surface area (Å²) in [5, 5.41) is -0.515. The highest BCUT2D eigenvalue weighted by Gasteiger charge is 2.34. The average molecular weight is 380 g/mol. The number of nitrogens with zero attached hydrogens (tertiary/aromatic N) is 2. The zero-order chi connectivity index (χ0) is 18.9. The van der Waals surface area contributed by atoms with Gasteiger partial charge in [-0.15, -0.1) is 0 Å². The molecule has 4 nitrogen and oxygen atoms in total. The van der Waals surface area contributed by atoms with Crippen LogP contribution in [0.4, 0.5) is 18.9 Å². The molecule has 0 atom stereocenters. The molecule has 0 unspecified atom stereocenters. The number of nitrogen functional groups attached to an aromatic ring is 1. The Bertz CT molecular complexity index is 1000. The van der Waals surface area contributed by atoms with Crippen LogP contribution in [0.15, 0.2) is 59.5 Å². The molecule has 0 amide bonds. The summed E-state index contributed by atoms with van der Waals surface area (Å²) in [6, 6.07) is 12.7. The fraction of sp³-hybridized carbons (Fsp3) is 0.111. The molecule has 8 heteroatoms. The predicted molar refractivity (Wildman–Crippen MR) is 93.9 cm³/mol. The van der Waals surface area contributed by atoms with Gasteiger partial charge in [-0.2, -0.15) is 18.2 Å². The molecule has 0 spiro atoms. The SMILES string of the molecule is Nc1cn(Cc2ccccc2)c(-c2cccc(C(F)(F)F)c2Cl)nc1=O. The Kier molecular flexibility index (Phi) is 4.73. The van der Waals surface area contributed by atoms with Crippen molar-refractivity contribution in [2.24, 2.45) is 0 Å². The van der Waals surface area contributed by atoms with Gasteiger partial charge in [-0.1, -0.05) is 48.0 Å². The van der Waals surface area contributed by atoms with Crippen LogP contribution in [0, 0.1) is 0 Å². The van der Waals surface area contributed by atoms with Crippen molar-refractivity contribution in [2.75, 3.05) is 5.73 Å². The van der Waals surface area contributed by atoms with Crippen LogP contribution in [0.3, 0.4) is 0 Å². The molecule has 0 radical (unpaired) electrons. The molecule has 0 saturated heterocycles. The molecule has 2 N–H and O–H groups in total. The van der Waals surface area contributed by atoms with E-state index in [0.717, 1.165) is 11.6 Å². The van der Waals surface area contributed by atoms with E-state index in [2.05, 4.69) is 4.98 Å². The highest BCUT2D eigenvalue weighted by molar-refractivity contribution is 6.34. The van der Waals surface area contributed by atoms with E-state index in [0.29, 0.717) is 0 Å². The zero-order valence-electron chi connectivity index (χ0n) is 13.3. The lowest BCUT2D eigenvalue weighted by atomic mass is 10.1. The average Bonchev–Trinajstić information content (AvgIpc) is 2.58. The van der Waals surface area contributed by atoms with Gasteiger partial charge in [0, 0.05) is 18.3 Å². The van der Waals surface area contributed by atoms with Gasteiger partial charge in [0.15, 0.2) is 0 Å². The topological polar surface area (TPSA) is 60.9 Å². The third-order valence-corrected chi connectivity index (χ3v) is 4.17. The highest BCUT2D eigenvalue weighted by atomic mass is 35.5. The van der Waals surface area contributed by atoms with Crippen LogP contribution in [0.2, 0.25) is 5.02 Å². The summed E-state index contributed by atoms with van der Waals surface area (Å²) in [4.78, 5) is 15.7. The number of hydrogen-bond donors (Lipinski definition) is 1. The minimum Gasteiger partial charge on any atom is -0.393 e. The number of halogens is 4. The molecule has 2 aromatic carbocycles. The molecule has 26 heavy (non-hydrogen) atoms. The highest BCUT2D eigenvalue weighted by Crippen LogP contribution is 2.39. The number of hydrogen-bond acceptors (Lipinski definition) is 3. The minimum absolute atomic E-state index is 0.00882. The zero-order valence-corrected chi connectivity index (χ0v) is 14.1. The number of rotatable bonds is 3. The molecule has 1 heterocycles. The smallest absolute Gasteiger partial charge is 0.393 e. The lowest BCUT2D eigenvalue weighted by Gasteiger charge is -2.16. The Morgan fingerprint density at radius 2 is 1.77 bits per heavy atom. The van der Waals surface area contributed by atoms with Gasteiger partial charge in [0.05, 0.1) is 10.6 Å². The Morgan fingerprint density at radius 1 is 1.08 bits per heavy atom. The van der Waals surface area contributed by atoms with Crippen LogP contribution >= 0.6 is 11.6 Å². The maximum atomic E-state index is 13.1. The van der Waals surface area contributed by atoms with Gasteiger partial charge in [-0.25, -0.2) is 0 Å². The Labute approximate surface area is 151 Å². The number of aromatic nitrogens is 2. The second-order valence-corrected chi connectivity index (χ2v) is 5.98. The molecular formula is C18H13ClF3N3O. The van der Waals surface area contributed by atoms with E-state index < -0.39 is 22.3 Å². The molecule has 0 aliphatic rings. The van der Waals surface area contributed by atoms with E-state index in [1.807, 2.05) is 30.3 Å². The number of nitrogens with two attached hydrogens (primary N) is 1. The molecule has 0 aliphatic carbocycles. The molecule has 3 aromatic rings. The largest absolute Gasteiger partial charge is 0.417 e. The van der Waals surface area contributed by atoms with E-state index in [4.69, 9.17) is 17.3 Å². The van der Waals surface area contributed by atoms with E-state index >= 15 is 0 Å². The third-order valence-electron chi connectivity index (χ3n) is 3.76. The van der Waals surface area contributed by atoms with E-state index in [9.17, 15) is 18.0 Å². The first kappa shape index (κ1) is 18.0. The lowest BCUT2D eigenvalue weighted by molar-refractivity contribution is -0.137. The second-order valence-electron chi connectivity index (χ2n) is 5.60. The molecule has 0 fully saturated rings. The predicted octanol–water partition coefficient (Wildman–Crippen LogP) is 4.21. The van der Waals surface area contributed by atoms with Crippen LogP contribution in [0.25, 0.3) is 11.4 Å². The van der Waals surface area contributed by atoms with Crippen molar-refractivity contribution >= 4 is 17.3 Å². The molecule has 0 saturated carbocycles. The summed E-state index contributed by atoms with van der Waals surface area (Å²) in [6.07, 6.45) is -3.26.